The molecule has 0 N–H and O–H groups in total. The van der Waals surface area contributed by atoms with Crippen LogP contribution in [-0.4, -0.2) is 20.1 Å². The Morgan fingerprint density at radius 2 is 2.12 bits per heavy atom. The Hall–Kier alpha value is -0.380. The zero-order valence-electron chi connectivity index (χ0n) is 10.5. The van der Waals surface area contributed by atoms with Gasteiger partial charge in [-0.1, -0.05) is 43.1 Å². The molecule has 0 saturated carbocycles. The van der Waals surface area contributed by atoms with Gasteiger partial charge in [0.25, 0.3) is 0 Å². The predicted molar refractivity (Wildman–Crippen MR) is 70.8 cm³/mol. The van der Waals surface area contributed by atoms with E-state index >= 15 is 0 Å². The van der Waals surface area contributed by atoms with Crippen molar-refractivity contribution in [2.75, 3.05) is 5.33 Å². The van der Waals surface area contributed by atoms with Crippen LogP contribution in [0.25, 0.3) is 0 Å². The number of aromatic nitrogens is 3. The molecule has 3 nitrogen and oxygen atoms in total. The summed E-state index contributed by atoms with van der Waals surface area (Å²) in [6.45, 7) is 7.69. The van der Waals surface area contributed by atoms with E-state index in [4.69, 9.17) is 0 Å². The molecule has 0 spiro atoms. The van der Waals surface area contributed by atoms with Gasteiger partial charge in [0.05, 0.1) is 0 Å². The zero-order chi connectivity index (χ0) is 12.0. The number of hydrogen-bond donors (Lipinski definition) is 0. The van der Waals surface area contributed by atoms with E-state index in [1.807, 2.05) is 4.68 Å². The van der Waals surface area contributed by atoms with Crippen LogP contribution in [0.2, 0.25) is 0 Å². The molecule has 16 heavy (non-hydrogen) atoms. The molecule has 0 fully saturated rings. The third-order valence-corrected chi connectivity index (χ3v) is 4.25. The van der Waals surface area contributed by atoms with Crippen molar-refractivity contribution in [1.82, 2.24) is 14.8 Å². The van der Waals surface area contributed by atoms with Gasteiger partial charge in [0.2, 0.25) is 0 Å². The quantitative estimate of drug-likeness (QED) is 0.720. The fourth-order valence-electron chi connectivity index (χ4n) is 2.01. The summed E-state index contributed by atoms with van der Waals surface area (Å²) >= 11 is 3.62. The van der Waals surface area contributed by atoms with Gasteiger partial charge in [-0.05, 0) is 18.3 Å². The van der Waals surface area contributed by atoms with Crippen LogP contribution in [0.15, 0.2) is 6.33 Å². The normalized spacial score (nSPS) is 15.0. The highest BCUT2D eigenvalue weighted by atomic mass is 79.9. The first-order valence-electron chi connectivity index (χ1n) is 6.08. The van der Waals surface area contributed by atoms with Gasteiger partial charge in [0, 0.05) is 18.3 Å². The fourth-order valence-corrected chi connectivity index (χ4v) is 2.49. The van der Waals surface area contributed by atoms with E-state index in [0.29, 0.717) is 5.41 Å². The van der Waals surface area contributed by atoms with Crippen molar-refractivity contribution in [1.29, 1.82) is 0 Å². The lowest BCUT2D eigenvalue weighted by Crippen LogP contribution is -2.24. The summed E-state index contributed by atoms with van der Waals surface area (Å²) in [5.41, 5.74) is 0.299. The summed E-state index contributed by atoms with van der Waals surface area (Å²) < 4.78 is 2.04. The lowest BCUT2D eigenvalue weighted by molar-refractivity contribution is 0.325. The van der Waals surface area contributed by atoms with E-state index in [1.54, 1.807) is 6.33 Å². The SMILES string of the molecule is CCCn1ncnc1CC(C)(CBr)CCC. The van der Waals surface area contributed by atoms with Crippen molar-refractivity contribution in [3.8, 4) is 0 Å². The van der Waals surface area contributed by atoms with Crippen molar-refractivity contribution in [2.45, 2.75) is 53.0 Å². The molecule has 0 aliphatic carbocycles. The second-order valence-electron chi connectivity index (χ2n) is 4.77. The Kier molecular flexibility index (Phi) is 5.46. The lowest BCUT2D eigenvalue weighted by atomic mass is 9.84. The summed E-state index contributed by atoms with van der Waals surface area (Å²) in [4.78, 5) is 4.38. The highest BCUT2D eigenvalue weighted by Gasteiger charge is 2.24. The predicted octanol–water partition coefficient (Wildman–Crippen LogP) is 3.43. The van der Waals surface area contributed by atoms with Gasteiger partial charge in [0.1, 0.15) is 12.2 Å². The second-order valence-corrected chi connectivity index (χ2v) is 5.33. The number of alkyl halides is 1. The van der Waals surface area contributed by atoms with Crippen LogP contribution in [0.1, 0.15) is 45.9 Å². The standard InChI is InChI=1S/C12H22BrN3/c1-4-6-12(3,9-13)8-11-14-10-15-16(11)7-5-2/h10H,4-9H2,1-3H3. The Labute approximate surface area is 107 Å². The van der Waals surface area contributed by atoms with Gasteiger partial charge in [-0.25, -0.2) is 4.98 Å². The van der Waals surface area contributed by atoms with Crippen molar-refractivity contribution in [3.63, 3.8) is 0 Å². The van der Waals surface area contributed by atoms with Gasteiger partial charge in [-0.3, -0.25) is 4.68 Å². The third kappa shape index (κ3) is 3.58. The Morgan fingerprint density at radius 1 is 1.38 bits per heavy atom. The number of aryl methyl sites for hydroxylation is 1. The summed E-state index contributed by atoms with van der Waals surface area (Å²) in [6.07, 6.45) is 6.22. The maximum Gasteiger partial charge on any atom is 0.138 e. The van der Waals surface area contributed by atoms with Gasteiger partial charge in [0.15, 0.2) is 0 Å². The molecule has 0 aliphatic rings. The van der Waals surface area contributed by atoms with Crippen molar-refractivity contribution >= 4 is 15.9 Å². The third-order valence-electron chi connectivity index (χ3n) is 2.89. The van der Waals surface area contributed by atoms with Crippen LogP contribution in [0.4, 0.5) is 0 Å². The topological polar surface area (TPSA) is 30.7 Å². The summed E-state index contributed by atoms with van der Waals surface area (Å²) in [7, 11) is 0. The monoisotopic (exact) mass is 287 g/mol. The number of halogens is 1. The molecule has 1 unspecified atom stereocenters. The Morgan fingerprint density at radius 3 is 2.69 bits per heavy atom. The smallest absolute Gasteiger partial charge is 0.138 e. The molecule has 1 atom stereocenters. The van der Waals surface area contributed by atoms with Crippen molar-refractivity contribution in [3.05, 3.63) is 12.2 Å². The van der Waals surface area contributed by atoms with Crippen LogP contribution in [0, 0.1) is 5.41 Å². The van der Waals surface area contributed by atoms with E-state index in [2.05, 4.69) is 46.8 Å². The lowest BCUT2D eigenvalue weighted by Gasteiger charge is -2.26. The first kappa shape index (κ1) is 13.7. The minimum atomic E-state index is 0.299. The molecule has 92 valence electrons. The summed E-state index contributed by atoms with van der Waals surface area (Å²) in [6, 6.07) is 0. The molecule has 0 amide bonds. The molecular formula is C12H22BrN3. The Bertz CT molecular complexity index is 311. The molecule has 0 radical (unpaired) electrons. The molecule has 0 aliphatic heterocycles. The number of nitrogens with zero attached hydrogens (tertiary/aromatic N) is 3. The Balaban J connectivity index is 2.73. The average molecular weight is 288 g/mol. The van der Waals surface area contributed by atoms with E-state index in [-0.39, 0.29) is 0 Å². The zero-order valence-corrected chi connectivity index (χ0v) is 12.1. The first-order valence-corrected chi connectivity index (χ1v) is 7.20. The van der Waals surface area contributed by atoms with Crippen molar-refractivity contribution in [2.24, 2.45) is 5.41 Å². The van der Waals surface area contributed by atoms with Gasteiger partial charge in [-0.2, -0.15) is 5.10 Å². The van der Waals surface area contributed by atoms with Crippen molar-refractivity contribution < 1.29 is 0 Å². The van der Waals surface area contributed by atoms with E-state index in [1.165, 1.54) is 12.8 Å². The molecule has 1 rings (SSSR count). The van der Waals surface area contributed by atoms with Crippen LogP contribution >= 0.6 is 15.9 Å². The molecule has 0 aromatic carbocycles. The number of rotatable bonds is 7. The van der Waals surface area contributed by atoms with Gasteiger partial charge < -0.3 is 0 Å². The largest absolute Gasteiger partial charge is 0.250 e. The molecule has 1 heterocycles. The van der Waals surface area contributed by atoms with Gasteiger partial charge >= 0.3 is 0 Å². The highest BCUT2D eigenvalue weighted by molar-refractivity contribution is 9.09. The van der Waals surface area contributed by atoms with Crippen LogP contribution in [-0.2, 0) is 13.0 Å². The van der Waals surface area contributed by atoms with Crippen LogP contribution in [0.3, 0.4) is 0 Å². The molecule has 0 saturated heterocycles. The minimum absolute atomic E-state index is 0.299. The highest BCUT2D eigenvalue weighted by Crippen LogP contribution is 2.29. The van der Waals surface area contributed by atoms with E-state index in [9.17, 15) is 0 Å². The maximum absolute atomic E-state index is 4.38. The first-order chi connectivity index (χ1) is 7.65. The molecule has 4 heteroatoms. The van der Waals surface area contributed by atoms with E-state index in [0.717, 1.165) is 30.5 Å². The second kappa shape index (κ2) is 6.38. The van der Waals surface area contributed by atoms with Gasteiger partial charge in [-0.15, -0.1) is 0 Å². The minimum Gasteiger partial charge on any atom is -0.250 e. The molecular weight excluding hydrogens is 266 g/mol. The molecule has 0 bridgehead atoms. The molecule has 1 aromatic heterocycles. The van der Waals surface area contributed by atoms with Crippen LogP contribution < -0.4 is 0 Å². The number of hydrogen-bond acceptors (Lipinski definition) is 2. The fraction of sp³-hybridized carbons (Fsp3) is 0.833. The van der Waals surface area contributed by atoms with E-state index < -0.39 is 0 Å². The summed E-state index contributed by atoms with van der Waals surface area (Å²) in [5.74, 6) is 1.12. The molecule has 1 aromatic rings. The summed E-state index contributed by atoms with van der Waals surface area (Å²) in [5, 5.41) is 5.30. The average Bonchev–Trinajstić information content (AvgIpc) is 2.67. The van der Waals surface area contributed by atoms with Crippen LogP contribution in [0.5, 0.6) is 0 Å². The maximum atomic E-state index is 4.38.